The Bertz CT molecular complexity index is 1010. The minimum Gasteiger partial charge on any atom is -0.370 e. The molecule has 0 aliphatic carbocycles. The maximum Gasteiger partial charge on any atom is 0.217 e. The van der Waals surface area contributed by atoms with Gasteiger partial charge in [-0.15, -0.1) is 12.4 Å². The monoisotopic (exact) mass is 445 g/mol. The number of halogens is 1. The van der Waals surface area contributed by atoms with Crippen LogP contribution in [0.3, 0.4) is 0 Å². The zero-order chi connectivity index (χ0) is 21.5. The van der Waals surface area contributed by atoms with Gasteiger partial charge in [0.15, 0.2) is 0 Å². The van der Waals surface area contributed by atoms with E-state index in [1.807, 2.05) is 24.5 Å². The van der Waals surface area contributed by atoms with Crippen molar-refractivity contribution >= 4 is 18.3 Å². The fourth-order valence-corrected chi connectivity index (χ4v) is 4.27. The standard InChI is InChI=1S/C27H27N3O.ClH/c28-26(31)19-11-10-18-25-20-30(21-29-25)27(22-12-4-1-5-13-22,23-14-6-2-7-15-23)24-16-8-3-9-17-24;/h1-9,12-17,20-21H,10-11,18-19H2,(H2,28,31);1H. The summed E-state index contributed by atoms with van der Waals surface area (Å²) in [7, 11) is 0. The molecule has 0 saturated heterocycles. The molecule has 1 amide bonds. The van der Waals surface area contributed by atoms with Crippen LogP contribution >= 0.6 is 12.4 Å². The summed E-state index contributed by atoms with van der Waals surface area (Å²) >= 11 is 0. The topological polar surface area (TPSA) is 60.9 Å². The quantitative estimate of drug-likeness (QED) is 0.279. The number of aromatic nitrogens is 2. The molecule has 0 unspecified atom stereocenters. The van der Waals surface area contributed by atoms with Crippen molar-refractivity contribution in [1.29, 1.82) is 0 Å². The first kappa shape index (κ1) is 23.3. The van der Waals surface area contributed by atoms with Crippen molar-refractivity contribution in [1.82, 2.24) is 9.55 Å². The third-order valence-electron chi connectivity index (χ3n) is 5.70. The van der Waals surface area contributed by atoms with Crippen molar-refractivity contribution in [3.8, 4) is 0 Å². The van der Waals surface area contributed by atoms with Crippen LogP contribution in [-0.2, 0) is 16.8 Å². The van der Waals surface area contributed by atoms with Crippen LogP contribution in [0, 0.1) is 0 Å². The summed E-state index contributed by atoms with van der Waals surface area (Å²) in [5, 5.41) is 0. The van der Waals surface area contributed by atoms with Gasteiger partial charge in [0.25, 0.3) is 0 Å². The number of hydrogen-bond acceptors (Lipinski definition) is 2. The number of hydrogen-bond donors (Lipinski definition) is 1. The largest absolute Gasteiger partial charge is 0.370 e. The number of nitrogens with zero attached hydrogens (tertiary/aromatic N) is 2. The molecule has 2 N–H and O–H groups in total. The molecular weight excluding hydrogens is 418 g/mol. The van der Waals surface area contributed by atoms with Crippen LogP contribution in [0.1, 0.15) is 41.6 Å². The fraction of sp³-hybridized carbons (Fsp3) is 0.185. The summed E-state index contributed by atoms with van der Waals surface area (Å²) in [6.07, 6.45) is 6.96. The van der Waals surface area contributed by atoms with Crippen LogP contribution in [0.15, 0.2) is 104 Å². The Hall–Kier alpha value is -3.37. The predicted molar refractivity (Wildman–Crippen MR) is 131 cm³/mol. The lowest BCUT2D eigenvalue weighted by Crippen LogP contribution is -2.36. The molecule has 4 rings (SSSR count). The summed E-state index contributed by atoms with van der Waals surface area (Å²) in [5.41, 5.74) is 9.25. The number of rotatable bonds is 9. The van der Waals surface area contributed by atoms with Crippen molar-refractivity contribution in [3.05, 3.63) is 126 Å². The van der Waals surface area contributed by atoms with E-state index in [2.05, 4.69) is 83.6 Å². The molecule has 0 saturated carbocycles. The first-order chi connectivity index (χ1) is 15.2. The summed E-state index contributed by atoms with van der Waals surface area (Å²) < 4.78 is 2.22. The van der Waals surface area contributed by atoms with Gasteiger partial charge in [0.1, 0.15) is 5.54 Å². The average molecular weight is 446 g/mol. The number of benzene rings is 3. The lowest BCUT2D eigenvalue weighted by Gasteiger charge is -2.37. The second-order valence-electron chi connectivity index (χ2n) is 7.75. The molecule has 0 aliphatic heterocycles. The molecule has 4 nitrogen and oxygen atoms in total. The maximum atomic E-state index is 11.0. The lowest BCUT2D eigenvalue weighted by molar-refractivity contribution is -0.118. The Morgan fingerprint density at radius 3 is 1.69 bits per heavy atom. The first-order valence-corrected chi connectivity index (χ1v) is 10.7. The zero-order valence-corrected chi connectivity index (χ0v) is 18.7. The molecule has 164 valence electrons. The molecule has 0 bridgehead atoms. The van der Waals surface area contributed by atoms with Crippen molar-refractivity contribution in [2.45, 2.75) is 31.2 Å². The van der Waals surface area contributed by atoms with E-state index in [9.17, 15) is 4.79 Å². The van der Waals surface area contributed by atoms with Gasteiger partial charge in [-0.1, -0.05) is 91.0 Å². The van der Waals surface area contributed by atoms with Crippen molar-refractivity contribution in [3.63, 3.8) is 0 Å². The molecule has 0 atom stereocenters. The molecule has 0 radical (unpaired) electrons. The summed E-state index contributed by atoms with van der Waals surface area (Å²) in [4.78, 5) is 15.7. The molecule has 5 heteroatoms. The molecule has 32 heavy (non-hydrogen) atoms. The van der Waals surface area contributed by atoms with E-state index in [1.54, 1.807) is 0 Å². The van der Waals surface area contributed by atoms with Crippen LogP contribution in [0.5, 0.6) is 0 Å². The summed E-state index contributed by atoms with van der Waals surface area (Å²) in [6, 6.07) is 31.7. The Balaban J connectivity index is 0.00000289. The van der Waals surface area contributed by atoms with Crippen molar-refractivity contribution in [2.24, 2.45) is 5.73 Å². The molecule has 0 aliphatic rings. The van der Waals surface area contributed by atoms with E-state index in [4.69, 9.17) is 10.7 Å². The highest BCUT2D eigenvalue weighted by molar-refractivity contribution is 5.85. The minimum atomic E-state index is -0.539. The third-order valence-corrected chi connectivity index (χ3v) is 5.70. The van der Waals surface area contributed by atoms with Crippen LogP contribution < -0.4 is 5.73 Å². The summed E-state index contributed by atoms with van der Waals surface area (Å²) in [6.45, 7) is 0. The van der Waals surface area contributed by atoms with Gasteiger partial charge in [-0.2, -0.15) is 0 Å². The van der Waals surface area contributed by atoms with Gasteiger partial charge >= 0.3 is 0 Å². The van der Waals surface area contributed by atoms with Crippen LogP contribution in [0.4, 0.5) is 0 Å². The molecule has 4 aromatic rings. The Kier molecular flexibility index (Phi) is 7.85. The lowest BCUT2D eigenvalue weighted by atomic mass is 9.77. The van der Waals surface area contributed by atoms with Gasteiger partial charge in [0, 0.05) is 12.6 Å². The fourth-order valence-electron chi connectivity index (χ4n) is 4.27. The van der Waals surface area contributed by atoms with Gasteiger partial charge in [-0.25, -0.2) is 4.98 Å². The normalized spacial score (nSPS) is 11.0. The molecule has 1 heterocycles. The Labute approximate surface area is 195 Å². The average Bonchev–Trinajstić information content (AvgIpc) is 3.28. The second kappa shape index (κ2) is 10.8. The number of carbonyl (C=O) groups is 1. The summed E-state index contributed by atoms with van der Waals surface area (Å²) in [5.74, 6) is -0.248. The molecular formula is C27H28ClN3O. The smallest absolute Gasteiger partial charge is 0.217 e. The van der Waals surface area contributed by atoms with E-state index < -0.39 is 5.54 Å². The van der Waals surface area contributed by atoms with Crippen molar-refractivity contribution < 1.29 is 4.79 Å². The van der Waals surface area contributed by atoms with E-state index in [1.165, 1.54) is 16.7 Å². The Morgan fingerprint density at radius 2 is 1.25 bits per heavy atom. The maximum absolute atomic E-state index is 11.0. The number of aryl methyl sites for hydroxylation is 1. The molecule has 1 aromatic heterocycles. The third kappa shape index (κ3) is 4.76. The highest BCUT2D eigenvalue weighted by Crippen LogP contribution is 2.40. The predicted octanol–water partition coefficient (Wildman–Crippen LogP) is 5.34. The van der Waals surface area contributed by atoms with Crippen molar-refractivity contribution in [2.75, 3.05) is 0 Å². The number of unbranched alkanes of at least 4 members (excludes halogenated alkanes) is 1. The van der Waals surface area contributed by atoms with E-state index >= 15 is 0 Å². The second-order valence-corrected chi connectivity index (χ2v) is 7.75. The highest BCUT2D eigenvalue weighted by Gasteiger charge is 2.38. The van der Waals surface area contributed by atoms with E-state index in [0.29, 0.717) is 6.42 Å². The molecule has 0 spiro atoms. The van der Waals surface area contributed by atoms with E-state index in [0.717, 1.165) is 25.0 Å². The number of primary amides is 1. The first-order valence-electron chi connectivity index (χ1n) is 10.7. The number of amides is 1. The zero-order valence-electron chi connectivity index (χ0n) is 17.9. The number of carbonyl (C=O) groups excluding carboxylic acids is 1. The van der Waals surface area contributed by atoms with Gasteiger partial charge in [0.2, 0.25) is 5.91 Å². The molecule has 0 fully saturated rings. The molecule has 3 aromatic carbocycles. The number of imidazole rings is 1. The Morgan fingerprint density at radius 1 is 0.781 bits per heavy atom. The minimum absolute atomic E-state index is 0. The van der Waals surface area contributed by atoms with Crippen LogP contribution in [0.25, 0.3) is 0 Å². The number of nitrogens with two attached hydrogens (primary N) is 1. The van der Waals surface area contributed by atoms with Crippen LogP contribution in [0.2, 0.25) is 0 Å². The van der Waals surface area contributed by atoms with Gasteiger partial charge in [-0.05, 0) is 36.0 Å². The van der Waals surface area contributed by atoms with Gasteiger partial charge < -0.3 is 10.3 Å². The SMILES string of the molecule is Cl.NC(=O)CCCCc1cn(C(c2ccccc2)(c2ccccc2)c2ccccc2)cn1. The van der Waals surface area contributed by atoms with Gasteiger partial charge in [-0.3, -0.25) is 4.79 Å². The van der Waals surface area contributed by atoms with Crippen LogP contribution in [-0.4, -0.2) is 15.5 Å². The highest BCUT2D eigenvalue weighted by atomic mass is 35.5. The van der Waals surface area contributed by atoms with Gasteiger partial charge in [0.05, 0.1) is 12.0 Å². The van der Waals surface area contributed by atoms with E-state index in [-0.39, 0.29) is 18.3 Å².